The molecule has 0 N–H and O–H groups in total. The van der Waals surface area contributed by atoms with Gasteiger partial charge in [0.25, 0.3) is 0 Å². The minimum Gasteiger partial charge on any atom is -0.381 e. The summed E-state index contributed by atoms with van der Waals surface area (Å²) in [4.78, 5) is 0. The van der Waals surface area contributed by atoms with E-state index in [1.54, 1.807) is 7.11 Å². The lowest BCUT2D eigenvalue weighted by Crippen LogP contribution is -2.08. The van der Waals surface area contributed by atoms with E-state index in [0.717, 1.165) is 6.42 Å². The molecular weight excluding hydrogens is 220 g/mol. The summed E-state index contributed by atoms with van der Waals surface area (Å²) in [6.07, 6.45) is 18.0. The number of rotatable bonds is 14. The summed E-state index contributed by atoms with van der Waals surface area (Å²) in [5, 5.41) is 0. The van der Waals surface area contributed by atoms with Gasteiger partial charge in [0.15, 0.2) is 0 Å². The van der Waals surface area contributed by atoms with Crippen LogP contribution in [-0.4, -0.2) is 13.2 Å². The zero-order valence-corrected chi connectivity index (χ0v) is 12.9. The topological polar surface area (TPSA) is 9.23 Å². The Morgan fingerprint density at radius 3 is 1.61 bits per heavy atom. The second-order valence-electron chi connectivity index (χ2n) is 5.47. The molecule has 0 aromatic rings. The number of unbranched alkanes of at least 4 members (excludes halogenated alkanes) is 10. The molecule has 0 aromatic heterocycles. The van der Waals surface area contributed by atoms with Crippen LogP contribution in [0.2, 0.25) is 0 Å². The zero-order valence-electron chi connectivity index (χ0n) is 12.9. The van der Waals surface area contributed by atoms with Crippen LogP contribution in [0.25, 0.3) is 0 Å². The Morgan fingerprint density at radius 1 is 0.778 bits per heavy atom. The van der Waals surface area contributed by atoms with Crippen LogP contribution in [0.3, 0.4) is 0 Å². The van der Waals surface area contributed by atoms with Crippen LogP contribution in [0.1, 0.15) is 90.4 Å². The predicted molar refractivity (Wildman–Crippen MR) is 81.8 cm³/mol. The third kappa shape index (κ3) is 12.4. The molecule has 0 fully saturated rings. The summed E-state index contributed by atoms with van der Waals surface area (Å²) in [5.41, 5.74) is 0. The second kappa shape index (κ2) is 15.0. The van der Waals surface area contributed by atoms with E-state index in [2.05, 4.69) is 13.8 Å². The van der Waals surface area contributed by atoms with Crippen molar-refractivity contribution in [2.75, 3.05) is 7.11 Å². The van der Waals surface area contributed by atoms with E-state index >= 15 is 0 Å². The van der Waals surface area contributed by atoms with E-state index in [9.17, 15) is 0 Å². The fourth-order valence-corrected chi connectivity index (χ4v) is 2.42. The maximum absolute atomic E-state index is 5.33. The standard InChI is InChI=1S/C17H35O/c1-4-6-7-8-9-10-11-12-13-14-15-16-17(5-2)18-3/h17H,2,4-16H2,1,3H3. The monoisotopic (exact) mass is 255 g/mol. The molecule has 0 saturated carbocycles. The van der Waals surface area contributed by atoms with Crippen molar-refractivity contribution in [1.82, 2.24) is 0 Å². The number of hydrogen-bond acceptors (Lipinski definition) is 1. The molecule has 0 aliphatic heterocycles. The Kier molecular flexibility index (Phi) is 15.0. The summed E-state index contributed by atoms with van der Waals surface area (Å²) < 4.78 is 5.33. The number of hydrogen-bond donors (Lipinski definition) is 0. The van der Waals surface area contributed by atoms with Gasteiger partial charge in [-0.2, -0.15) is 0 Å². The van der Waals surface area contributed by atoms with Gasteiger partial charge in [-0.25, -0.2) is 0 Å². The molecule has 0 aliphatic rings. The highest BCUT2D eigenvalue weighted by Crippen LogP contribution is 2.13. The van der Waals surface area contributed by atoms with Gasteiger partial charge in [-0.05, 0) is 12.8 Å². The highest BCUT2D eigenvalue weighted by Gasteiger charge is 2.02. The molecule has 0 rings (SSSR count). The second-order valence-corrected chi connectivity index (χ2v) is 5.47. The van der Waals surface area contributed by atoms with Crippen LogP contribution in [0.4, 0.5) is 0 Å². The Morgan fingerprint density at radius 2 is 1.22 bits per heavy atom. The first-order valence-electron chi connectivity index (χ1n) is 8.17. The Balaban J connectivity index is 3.03. The average Bonchev–Trinajstić information content (AvgIpc) is 2.40. The Hall–Kier alpha value is -0.0400. The molecule has 1 unspecified atom stereocenters. The first-order chi connectivity index (χ1) is 8.85. The molecule has 1 atom stereocenters. The van der Waals surface area contributed by atoms with Crippen molar-refractivity contribution in [2.45, 2.75) is 96.5 Å². The third-order valence-electron chi connectivity index (χ3n) is 3.78. The molecule has 0 heterocycles. The molecule has 1 heteroatoms. The quantitative estimate of drug-likeness (QED) is 0.350. The van der Waals surface area contributed by atoms with Crippen molar-refractivity contribution in [3.8, 4) is 0 Å². The lowest BCUT2D eigenvalue weighted by atomic mass is 10.0. The number of methoxy groups -OCH3 is 1. The first kappa shape index (κ1) is 18.0. The molecule has 1 nitrogen and oxygen atoms in total. The van der Waals surface area contributed by atoms with Crippen LogP contribution in [0, 0.1) is 6.92 Å². The number of ether oxygens (including phenoxy) is 1. The van der Waals surface area contributed by atoms with Crippen molar-refractivity contribution < 1.29 is 4.74 Å². The summed E-state index contributed by atoms with van der Waals surface area (Å²) in [7, 11) is 1.80. The largest absolute Gasteiger partial charge is 0.381 e. The van der Waals surface area contributed by atoms with E-state index in [0.29, 0.717) is 6.10 Å². The minimum atomic E-state index is 0.392. The molecule has 0 bridgehead atoms. The summed E-state index contributed by atoms with van der Waals surface area (Å²) in [5.74, 6) is 0. The van der Waals surface area contributed by atoms with Crippen LogP contribution < -0.4 is 0 Å². The molecule has 18 heavy (non-hydrogen) atoms. The molecule has 0 amide bonds. The molecule has 0 aliphatic carbocycles. The van der Waals surface area contributed by atoms with E-state index < -0.39 is 0 Å². The summed E-state index contributed by atoms with van der Waals surface area (Å²) in [6.45, 7) is 6.18. The zero-order chi connectivity index (χ0) is 13.5. The van der Waals surface area contributed by atoms with Crippen molar-refractivity contribution in [2.24, 2.45) is 0 Å². The highest BCUT2D eigenvalue weighted by atomic mass is 16.5. The SMILES string of the molecule is [CH2]CC(CCCCCCCCCCCCC)OC. The van der Waals surface area contributed by atoms with Gasteiger partial charge in [-0.3, -0.25) is 0 Å². The van der Waals surface area contributed by atoms with Crippen molar-refractivity contribution in [3.05, 3.63) is 6.92 Å². The molecule has 0 saturated heterocycles. The Labute approximate surface area is 116 Å². The van der Waals surface area contributed by atoms with Gasteiger partial charge in [0.05, 0.1) is 6.10 Å². The van der Waals surface area contributed by atoms with Crippen LogP contribution in [0.15, 0.2) is 0 Å². The smallest absolute Gasteiger partial charge is 0.0571 e. The van der Waals surface area contributed by atoms with Gasteiger partial charge in [-0.1, -0.05) is 84.5 Å². The van der Waals surface area contributed by atoms with Gasteiger partial charge in [0, 0.05) is 7.11 Å². The van der Waals surface area contributed by atoms with Gasteiger partial charge >= 0.3 is 0 Å². The normalized spacial score (nSPS) is 12.8. The predicted octanol–water partition coefficient (Wildman–Crippen LogP) is 5.93. The van der Waals surface area contributed by atoms with Crippen molar-refractivity contribution in [1.29, 1.82) is 0 Å². The highest BCUT2D eigenvalue weighted by molar-refractivity contribution is 4.59. The van der Waals surface area contributed by atoms with Crippen LogP contribution in [-0.2, 0) is 4.74 Å². The molecule has 0 spiro atoms. The van der Waals surface area contributed by atoms with Gasteiger partial charge < -0.3 is 4.74 Å². The van der Waals surface area contributed by atoms with E-state index in [1.807, 2.05) is 0 Å². The summed E-state index contributed by atoms with van der Waals surface area (Å²) >= 11 is 0. The fraction of sp³-hybridized carbons (Fsp3) is 0.941. The fourth-order valence-electron chi connectivity index (χ4n) is 2.42. The maximum Gasteiger partial charge on any atom is 0.0571 e. The third-order valence-corrected chi connectivity index (χ3v) is 3.78. The average molecular weight is 255 g/mol. The maximum atomic E-state index is 5.33. The first-order valence-corrected chi connectivity index (χ1v) is 8.17. The molecule has 1 radical (unpaired) electrons. The van der Waals surface area contributed by atoms with E-state index in [-0.39, 0.29) is 0 Å². The van der Waals surface area contributed by atoms with E-state index in [4.69, 9.17) is 4.74 Å². The molecular formula is C17H35O. The minimum absolute atomic E-state index is 0.392. The van der Waals surface area contributed by atoms with Crippen molar-refractivity contribution >= 4 is 0 Å². The van der Waals surface area contributed by atoms with Gasteiger partial charge in [-0.15, -0.1) is 0 Å². The molecule has 109 valence electrons. The lowest BCUT2D eigenvalue weighted by molar-refractivity contribution is 0.0947. The van der Waals surface area contributed by atoms with Crippen LogP contribution >= 0.6 is 0 Å². The molecule has 0 aromatic carbocycles. The van der Waals surface area contributed by atoms with E-state index in [1.165, 1.54) is 77.0 Å². The van der Waals surface area contributed by atoms with Crippen molar-refractivity contribution in [3.63, 3.8) is 0 Å². The van der Waals surface area contributed by atoms with Gasteiger partial charge in [0.2, 0.25) is 0 Å². The Bertz CT molecular complexity index is 141. The summed E-state index contributed by atoms with van der Waals surface area (Å²) in [6, 6.07) is 0. The van der Waals surface area contributed by atoms with Crippen LogP contribution in [0.5, 0.6) is 0 Å². The lowest BCUT2D eigenvalue weighted by Gasteiger charge is -2.11. The van der Waals surface area contributed by atoms with Gasteiger partial charge in [0.1, 0.15) is 0 Å².